The molecule has 15 heavy (non-hydrogen) atoms. The minimum atomic E-state index is 0.428. The lowest BCUT2D eigenvalue weighted by molar-refractivity contribution is 0.577. The fraction of sp³-hybridized carbons (Fsp3) is 0.0833. The molecule has 0 bridgehead atoms. The van der Waals surface area contributed by atoms with E-state index in [0.717, 1.165) is 22.0 Å². The summed E-state index contributed by atoms with van der Waals surface area (Å²) in [5, 5.41) is 2.54. The average Bonchev–Trinajstić information content (AvgIpc) is 2.61. The van der Waals surface area contributed by atoms with Crippen LogP contribution in [0.25, 0.3) is 21.9 Å². The molecule has 3 heteroatoms. The Morgan fingerprint density at radius 1 is 1.20 bits per heavy atom. The van der Waals surface area contributed by atoms with E-state index in [1.165, 1.54) is 0 Å². The van der Waals surface area contributed by atoms with Crippen molar-refractivity contribution in [1.82, 2.24) is 4.98 Å². The van der Waals surface area contributed by atoms with Gasteiger partial charge in [0.25, 0.3) is 0 Å². The van der Waals surface area contributed by atoms with Crippen LogP contribution in [0.4, 0.5) is 0 Å². The number of hydrogen-bond donors (Lipinski definition) is 0. The van der Waals surface area contributed by atoms with Crippen LogP contribution < -0.4 is 0 Å². The molecule has 1 aromatic carbocycles. The Hall–Kier alpha value is -1.54. The molecular weight excluding hydrogens is 210 g/mol. The minimum absolute atomic E-state index is 0.428. The Balaban J connectivity index is 2.63. The van der Waals surface area contributed by atoms with Gasteiger partial charge in [0.2, 0.25) is 0 Å². The zero-order valence-corrected chi connectivity index (χ0v) is 8.88. The molecular formula is C12H8ClNO. The van der Waals surface area contributed by atoms with E-state index in [2.05, 4.69) is 4.98 Å². The standard InChI is InChI=1S/C12H8ClNO/c1-7-6-9-8-4-2-3-5-10(8)14-12(13)11(9)15-7/h2-6H,1H3. The fourth-order valence-corrected chi connectivity index (χ4v) is 2.05. The van der Waals surface area contributed by atoms with Crippen molar-refractivity contribution in [2.45, 2.75) is 6.92 Å². The summed E-state index contributed by atoms with van der Waals surface area (Å²) in [6.45, 7) is 1.91. The van der Waals surface area contributed by atoms with Crippen molar-refractivity contribution in [2.24, 2.45) is 0 Å². The maximum atomic E-state index is 6.04. The monoisotopic (exact) mass is 217 g/mol. The summed E-state index contributed by atoms with van der Waals surface area (Å²) in [5.74, 6) is 0.852. The summed E-state index contributed by atoms with van der Waals surface area (Å²) >= 11 is 6.04. The molecule has 2 aromatic heterocycles. The maximum Gasteiger partial charge on any atom is 0.172 e. The first kappa shape index (κ1) is 8.74. The molecule has 2 nitrogen and oxygen atoms in total. The molecule has 0 aliphatic carbocycles. The van der Waals surface area contributed by atoms with Crippen LogP contribution in [0.1, 0.15) is 5.76 Å². The van der Waals surface area contributed by atoms with Crippen LogP contribution in [0.15, 0.2) is 34.7 Å². The fourth-order valence-electron chi connectivity index (χ4n) is 1.82. The molecule has 0 aliphatic heterocycles. The Morgan fingerprint density at radius 3 is 2.87 bits per heavy atom. The van der Waals surface area contributed by atoms with Crippen molar-refractivity contribution in [3.63, 3.8) is 0 Å². The Morgan fingerprint density at radius 2 is 2.00 bits per heavy atom. The molecule has 3 rings (SSSR count). The lowest BCUT2D eigenvalue weighted by Gasteiger charge is -1.98. The predicted octanol–water partition coefficient (Wildman–Crippen LogP) is 3.94. The van der Waals surface area contributed by atoms with E-state index >= 15 is 0 Å². The van der Waals surface area contributed by atoms with E-state index in [0.29, 0.717) is 10.7 Å². The van der Waals surface area contributed by atoms with Gasteiger partial charge in [0, 0.05) is 10.8 Å². The van der Waals surface area contributed by atoms with Gasteiger partial charge in [-0.05, 0) is 19.1 Å². The second-order valence-electron chi connectivity index (χ2n) is 3.52. The third-order valence-electron chi connectivity index (χ3n) is 2.46. The van der Waals surface area contributed by atoms with Gasteiger partial charge in [-0.1, -0.05) is 29.8 Å². The lowest BCUT2D eigenvalue weighted by Crippen LogP contribution is -1.80. The third kappa shape index (κ3) is 1.22. The van der Waals surface area contributed by atoms with Gasteiger partial charge in [-0.2, -0.15) is 0 Å². The van der Waals surface area contributed by atoms with Crippen molar-refractivity contribution in [1.29, 1.82) is 0 Å². The van der Waals surface area contributed by atoms with Crippen LogP contribution in [0, 0.1) is 6.92 Å². The van der Waals surface area contributed by atoms with E-state index in [9.17, 15) is 0 Å². The van der Waals surface area contributed by atoms with Gasteiger partial charge in [0.05, 0.1) is 5.52 Å². The average molecular weight is 218 g/mol. The topological polar surface area (TPSA) is 26.0 Å². The van der Waals surface area contributed by atoms with E-state index in [-0.39, 0.29) is 0 Å². The number of hydrogen-bond acceptors (Lipinski definition) is 2. The van der Waals surface area contributed by atoms with Crippen LogP contribution in [0.5, 0.6) is 0 Å². The molecule has 0 amide bonds. The second kappa shape index (κ2) is 2.97. The van der Waals surface area contributed by atoms with E-state index < -0.39 is 0 Å². The maximum absolute atomic E-state index is 6.04. The van der Waals surface area contributed by atoms with Crippen molar-refractivity contribution in [3.8, 4) is 0 Å². The summed E-state index contributed by atoms with van der Waals surface area (Å²) in [6, 6.07) is 9.90. The highest BCUT2D eigenvalue weighted by molar-refractivity contribution is 6.35. The van der Waals surface area contributed by atoms with Crippen molar-refractivity contribution in [3.05, 3.63) is 41.2 Å². The van der Waals surface area contributed by atoms with E-state index in [1.807, 2.05) is 37.3 Å². The molecule has 0 atom stereocenters. The number of rotatable bonds is 0. The first-order valence-electron chi connectivity index (χ1n) is 4.70. The number of nitrogens with zero attached hydrogens (tertiary/aromatic N) is 1. The number of aromatic nitrogens is 1. The van der Waals surface area contributed by atoms with Gasteiger partial charge in [0.1, 0.15) is 5.76 Å². The van der Waals surface area contributed by atoms with Crippen molar-refractivity contribution in [2.75, 3.05) is 0 Å². The van der Waals surface area contributed by atoms with Crippen LogP contribution in [0.2, 0.25) is 5.15 Å². The molecule has 2 heterocycles. The van der Waals surface area contributed by atoms with E-state index in [1.54, 1.807) is 0 Å². The highest BCUT2D eigenvalue weighted by atomic mass is 35.5. The summed E-state index contributed by atoms with van der Waals surface area (Å²) in [6.07, 6.45) is 0. The van der Waals surface area contributed by atoms with E-state index in [4.69, 9.17) is 16.0 Å². The van der Waals surface area contributed by atoms with Gasteiger partial charge in [0.15, 0.2) is 10.7 Å². The Bertz CT molecular complexity index is 657. The Kier molecular flexibility index (Phi) is 1.73. The molecule has 3 aromatic rings. The smallest absolute Gasteiger partial charge is 0.172 e. The van der Waals surface area contributed by atoms with Gasteiger partial charge in [-0.25, -0.2) is 4.98 Å². The normalized spacial score (nSPS) is 11.3. The quantitative estimate of drug-likeness (QED) is 0.533. The number of pyridine rings is 1. The lowest BCUT2D eigenvalue weighted by atomic mass is 10.1. The summed E-state index contributed by atoms with van der Waals surface area (Å²) < 4.78 is 5.51. The predicted molar refractivity (Wildman–Crippen MR) is 61.3 cm³/mol. The van der Waals surface area contributed by atoms with Crippen LogP contribution in [-0.2, 0) is 0 Å². The largest absolute Gasteiger partial charge is 0.458 e. The molecule has 0 fully saturated rings. The van der Waals surface area contributed by atoms with Gasteiger partial charge in [-0.15, -0.1) is 0 Å². The summed E-state index contributed by atoms with van der Waals surface area (Å²) in [5.41, 5.74) is 1.57. The molecule has 0 N–H and O–H groups in total. The van der Waals surface area contributed by atoms with Gasteiger partial charge in [-0.3, -0.25) is 0 Å². The second-order valence-corrected chi connectivity index (χ2v) is 3.88. The van der Waals surface area contributed by atoms with Crippen molar-refractivity contribution < 1.29 is 4.42 Å². The molecule has 0 aliphatic rings. The number of benzene rings is 1. The van der Waals surface area contributed by atoms with Crippen molar-refractivity contribution >= 4 is 33.5 Å². The highest BCUT2D eigenvalue weighted by Gasteiger charge is 2.10. The summed E-state index contributed by atoms with van der Waals surface area (Å²) in [4.78, 5) is 4.29. The highest BCUT2D eigenvalue weighted by Crippen LogP contribution is 2.31. The van der Waals surface area contributed by atoms with Crippen LogP contribution in [-0.4, -0.2) is 4.98 Å². The third-order valence-corrected chi connectivity index (χ3v) is 2.71. The number of halogens is 1. The number of para-hydroxylation sites is 1. The molecule has 74 valence electrons. The summed E-state index contributed by atoms with van der Waals surface area (Å²) in [7, 11) is 0. The number of aryl methyl sites for hydroxylation is 1. The molecule has 0 unspecified atom stereocenters. The van der Waals surface area contributed by atoms with Crippen LogP contribution >= 0.6 is 11.6 Å². The molecule has 0 saturated heterocycles. The zero-order chi connectivity index (χ0) is 10.4. The number of fused-ring (bicyclic) bond motifs is 3. The van der Waals surface area contributed by atoms with Crippen LogP contribution in [0.3, 0.4) is 0 Å². The number of furan rings is 1. The zero-order valence-electron chi connectivity index (χ0n) is 8.12. The molecule has 0 saturated carbocycles. The first-order valence-corrected chi connectivity index (χ1v) is 5.08. The SMILES string of the molecule is Cc1cc2c(o1)c(Cl)nc1ccccc12. The van der Waals surface area contributed by atoms with Gasteiger partial charge >= 0.3 is 0 Å². The first-order chi connectivity index (χ1) is 7.25. The molecule has 0 spiro atoms. The minimum Gasteiger partial charge on any atom is -0.458 e. The molecule has 0 radical (unpaired) electrons. The Labute approximate surface area is 91.5 Å². The van der Waals surface area contributed by atoms with Gasteiger partial charge < -0.3 is 4.42 Å².